The highest BCUT2D eigenvalue weighted by atomic mass is 35.5. The average molecular weight is 353 g/mol. The van der Waals surface area contributed by atoms with Gasteiger partial charge in [-0.3, -0.25) is 4.79 Å². The molecule has 120 valence electrons. The summed E-state index contributed by atoms with van der Waals surface area (Å²) in [4.78, 5) is 16.5. The van der Waals surface area contributed by atoms with Crippen molar-refractivity contribution in [1.82, 2.24) is 10.3 Å². The van der Waals surface area contributed by atoms with E-state index in [1.165, 1.54) is 0 Å². The Morgan fingerprint density at radius 3 is 3.04 bits per heavy atom. The molecule has 5 nitrogen and oxygen atoms in total. The Bertz CT molecular complexity index is 752. The minimum atomic E-state index is -0.401. The third kappa shape index (κ3) is 3.27. The molecule has 2 N–H and O–H groups in total. The Kier molecular flexibility index (Phi) is 4.71. The fourth-order valence-corrected chi connectivity index (χ4v) is 3.15. The van der Waals surface area contributed by atoms with Gasteiger partial charge in [0.25, 0.3) is 0 Å². The van der Waals surface area contributed by atoms with Crippen molar-refractivity contribution < 1.29 is 14.6 Å². The largest absolute Gasteiger partial charge is 0.476 e. The van der Waals surface area contributed by atoms with E-state index >= 15 is 0 Å². The molecule has 0 saturated carbocycles. The van der Waals surface area contributed by atoms with E-state index in [4.69, 9.17) is 27.9 Å². The molecule has 0 radical (unpaired) electrons. The number of rotatable bonds is 4. The van der Waals surface area contributed by atoms with Crippen LogP contribution in [-0.2, 0) is 17.9 Å². The zero-order valence-corrected chi connectivity index (χ0v) is 13.6. The maximum atomic E-state index is 12.4. The van der Waals surface area contributed by atoms with E-state index in [9.17, 15) is 9.90 Å². The predicted molar refractivity (Wildman–Crippen MR) is 86.7 cm³/mol. The van der Waals surface area contributed by atoms with Crippen LogP contribution in [0.1, 0.15) is 22.6 Å². The van der Waals surface area contributed by atoms with Crippen LogP contribution < -0.4 is 10.1 Å². The molecule has 3 rings (SSSR count). The number of carbonyl (C=O) groups excluding carboxylic acids is 1. The lowest BCUT2D eigenvalue weighted by Crippen LogP contribution is -2.30. The van der Waals surface area contributed by atoms with Crippen molar-refractivity contribution in [2.75, 3.05) is 6.61 Å². The lowest BCUT2D eigenvalue weighted by Gasteiger charge is -2.14. The van der Waals surface area contributed by atoms with Gasteiger partial charge in [-0.1, -0.05) is 29.3 Å². The molecule has 1 atom stereocenters. The molecule has 0 fully saturated rings. The van der Waals surface area contributed by atoms with Crippen LogP contribution in [0.25, 0.3) is 0 Å². The van der Waals surface area contributed by atoms with Crippen molar-refractivity contribution in [1.29, 1.82) is 0 Å². The van der Waals surface area contributed by atoms with Gasteiger partial charge in [-0.05, 0) is 29.3 Å². The molecular weight excluding hydrogens is 339 g/mol. The molecule has 0 unspecified atom stereocenters. The minimum absolute atomic E-state index is 0.174. The first-order valence-corrected chi connectivity index (χ1v) is 7.79. The number of nitrogens with one attached hydrogen (secondary N) is 1. The van der Waals surface area contributed by atoms with Gasteiger partial charge in [0.1, 0.15) is 12.5 Å². The summed E-state index contributed by atoms with van der Waals surface area (Å²) < 4.78 is 5.41. The lowest BCUT2D eigenvalue weighted by atomic mass is 10.0. The molecule has 1 aliphatic rings. The number of carbonyl (C=O) groups is 1. The number of ether oxygens (including phenoxy) is 1. The quantitative estimate of drug-likeness (QED) is 0.887. The smallest absolute Gasteiger partial charge is 0.231 e. The summed E-state index contributed by atoms with van der Waals surface area (Å²) in [6.45, 7) is 0.265. The Morgan fingerprint density at radius 2 is 2.26 bits per heavy atom. The summed E-state index contributed by atoms with van der Waals surface area (Å²) in [5, 5.41) is 13.1. The van der Waals surface area contributed by atoms with E-state index in [0.717, 1.165) is 5.56 Å². The molecule has 1 aromatic heterocycles. The van der Waals surface area contributed by atoms with Crippen molar-refractivity contribution in [3.05, 3.63) is 57.2 Å². The van der Waals surface area contributed by atoms with Crippen LogP contribution in [0.4, 0.5) is 0 Å². The lowest BCUT2D eigenvalue weighted by molar-refractivity contribution is -0.122. The minimum Gasteiger partial charge on any atom is -0.476 e. The average Bonchev–Trinajstić information content (AvgIpc) is 2.97. The van der Waals surface area contributed by atoms with Gasteiger partial charge in [-0.2, -0.15) is 0 Å². The molecule has 2 heterocycles. The number of aliphatic hydroxyl groups is 1. The highest BCUT2D eigenvalue weighted by Crippen LogP contribution is 2.32. The Labute approximate surface area is 143 Å². The summed E-state index contributed by atoms with van der Waals surface area (Å²) in [5.41, 5.74) is 2.01. The number of pyridine rings is 1. The molecule has 0 saturated heterocycles. The van der Waals surface area contributed by atoms with Crippen molar-refractivity contribution >= 4 is 29.1 Å². The topological polar surface area (TPSA) is 71.5 Å². The SMILES string of the molecule is O=C(NCc1c(Cl)cc(Cl)cc1CO)[C@@H]1COc2ncccc21. The Balaban J connectivity index is 1.74. The van der Waals surface area contributed by atoms with E-state index in [1.54, 1.807) is 24.4 Å². The number of nitrogens with zero attached hydrogens (tertiary/aromatic N) is 1. The van der Waals surface area contributed by atoms with E-state index in [0.29, 0.717) is 27.1 Å². The molecular formula is C16H14Cl2N2O3. The van der Waals surface area contributed by atoms with Crippen molar-refractivity contribution in [3.8, 4) is 5.88 Å². The van der Waals surface area contributed by atoms with E-state index < -0.39 is 5.92 Å². The summed E-state index contributed by atoms with van der Waals surface area (Å²) in [6, 6.07) is 6.82. The first kappa shape index (κ1) is 16.1. The number of amides is 1. The van der Waals surface area contributed by atoms with E-state index in [-0.39, 0.29) is 25.7 Å². The van der Waals surface area contributed by atoms with Crippen LogP contribution in [0.3, 0.4) is 0 Å². The Morgan fingerprint density at radius 1 is 1.43 bits per heavy atom. The fourth-order valence-electron chi connectivity index (χ4n) is 2.55. The molecule has 1 amide bonds. The highest BCUT2D eigenvalue weighted by molar-refractivity contribution is 6.35. The van der Waals surface area contributed by atoms with Gasteiger partial charge in [0.15, 0.2) is 0 Å². The van der Waals surface area contributed by atoms with Gasteiger partial charge < -0.3 is 15.2 Å². The van der Waals surface area contributed by atoms with Gasteiger partial charge in [0.05, 0.1) is 6.61 Å². The molecule has 0 aliphatic carbocycles. The maximum Gasteiger partial charge on any atom is 0.231 e. The second-order valence-electron chi connectivity index (χ2n) is 5.16. The number of hydrogen-bond donors (Lipinski definition) is 2. The van der Waals surface area contributed by atoms with Crippen LogP contribution in [0, 0.1) is 0 Å². The van der Waals surface area contributed by atoms with Gasteiger partial charge in [-0.15, -0.1) is 0 Å². The van der Waals surface area contributed by atoms with Crippen LogP contribution in [0.2, 0.25) is 10.0 Å². The first-order valence-electron chi connectivity index (χ1n) is 7.03. The molecule has 0 bridgehead atoms. The number of halogens is 2. The number of aliphatic hydroxyl groups excluding tert-OH is 1. The summed E-state index contributed by atoms with van der Waals surface area (Å²) in [5.74, 6) is -0.0813. The first-order chi connectivity index (χ1) is 11.1. The number of hydrogen-bond acceptors (Lipinski definition) is 4. The van der Waals surface area contributed by atoms with Gasteiger partial charge in [-0.25, -0.2) is 4.98 Å². The van der Waals surface area contributed by atoms with Crippen LogP contribution in [-0.4, -0.2) is 22.6 Å². The standard InChI is InChI=1S/C16H14Cl2N2O3/c17-10-4-9(7-21)12(14(18)5-10)6-20-15(22)13-8-23-16-11(13)2-1-3-19-16/h1-5,13,21H,6-8H2,(H,20,22)/t13-/m1/s1. The van der Waals surface area contributed by atoms with Crippen molar-refractivity contribution in [2.45, 2.75) is 19.1 Å². The third-order valence-electron chi connectivity index (χ3n) is 3.74. The summed E-state index contributed by atoms with van der Waals surface area (Å²) >= 11 is 12.1. The fraction of sp³-hybridized carbons (Fsp3) is 0.250. The second-order valence-corrected chi connectivity index (χ2v) is 6.01. The van der Waals surface area contributed by atoms with Gasteiger partial charge in [0.2, 0.25) is 11.8 Å². The van der Waals surface area contributed by atoms with Crippen molar-refractivity contribution in [2.24, 2.45) is 0 Å². The molecule has 0 spiro atoms. The second kappa shape index (κ2) is 6.74. The normalized spacial score (nSPS) is 15.9. The molecule has 1 aromatic carbocycles. The third-order valence-corrected chi connectivity index (χ3v) is 4.30. The van der Waals surface area contributed by atoms with Crippen LogP contribution in [0.15, 0.2) is 30.5 Å². The van der Waals surface area contributed by atoms with Crippen molar-refractivity contribution in [3.63, 3.8) is 0 Å². The Hall–Kier alpha value is -1.82. The monoisotopic (exact) mass is 352 g/mol. The summed E-state index contributed by atoms with van der Waals surface area (Å²) in [6.07, 6.45) is 1.63. The van der Waals surface area contributed by atoms with E-state index in [1.807, 2.05) is 6.07 Å². The highest BCUT2D eigenvalue weighted by Gasteiger charge is 2.31. The van der Waals surface area contributed by atoms with Crippen LogP contribution >= 0.6 is 23.2 Å². The molecule has 1 aliphatic heterocycles. The number of aromatic nitrogens is 1. The molecule has 23 heavy (non-hydrogen) atoms. The molecule has 2 aromatic rings. The van der Waals surface area contributed by atoms with E-state index in [2.05, 4.69) is 10.3 Å². The van der Waals surface area contributed by atoms with Gasteiger partial charge in [0, 0.05) is 28.4 Å². The number of benzene rings is 1. The zero-order valence-electron chi connectivity index (χ0n) is 12.1. The van der Waals surface area contributed by atoms with Crippen LogP contribution in [0.5, 0.6) is 5.88 Å². The summed E-state index contributed by atoms with van der Waals surface area (Å²) in [7, 11) is 0. The predicted octanol–water partition coefficient (Wildman–Crippen LogP) is 2.67. The maximum absolute atomic E-state index is 12.4. The van der Waals surface area contributed by atoms with Gasteiger partial charge >= 0.3 is 0 Å². The molecule has 7 heteroatoms. The zero-order chi connectivity index (χ0) is 16.4. The number of fused-ring (bicyclic) bond motifs is 1.